The number of rotatable bonds is 6. The van der Waals surface area contributed by atoms with Gasteiger partial charge in [0.25, 0.3) is 0 Å². The molecule has 0 saturated carbocycles. The van der Waals surface area contributed by atoms with Crippen molar-refractivity contribution in [3.05, 3.63) is 53.1 Å². The summed E-state index contributed by atoms with van der Waals surface area (Å²) in [6.07, 6.45) is 4.47. The van der Waals surface area contributed by atoms with E-state index in [1.54, 1.807) is 6.33 Å². The molecule has 0 aliphatic heterocycles. The lowest BCUT2D eigenvalue weighted by Crippen LogP contribution is -2.28. The zero-order chi connectivity index (χ0) is 16.4. The Labute approximate surface area is 135 Å². The van der Waals surface area contributed by atoms with Crippen LogP contribution in [-0.4, -0.2) is 33.2 Å². The van der Waals surface area contributed by atoms with Gasteiger partial charge >= 0.3 is 0 Å². The largest absolute Gasteiger partial charge is 0.392 e. The minimum atomic E-state index is -0.699. The molecular formula is C17H22N4O2. The number of aliphatic hydroxyl groups is 1. The number of aromatic nitrogens is 2. The molecule has 0 bridgehead atoms. The number of nitrogens with one attached hydrogen (secondary N) is 1. The fourth-order valence-corrected chi connectivity index (χ4v) is 3.17. The SMILES string of the molecule is Cn1cnc(CCNCc2ccc3c(c2)[C@@H](C(N)=O)[C@H](O)C3)c1. The molecule has 0 saturated heterocycles. The summed E-state index contributed by atoms with van der Waals surface area (Å²) in [4.78, 5) is 15.8. The molecule has 1 amide bonds. The maximum absolute atomic E-state index is 11.5. The van der Waals surface area contributed by atoms with Crippen LogP contribution < -0.4 is 11.1 Å². The van der Waals surface area contributed by atoms with Gasteiger partial charge < -0.3 is 20.7 Å². The summed E-state index contributed by atoms with van der Waals surface area (Å²) in [5.74, 6) is -1.05. The average Bonchev–Trinajstić information content (AvgIpc) is 3.05. The Hall–Kier alpha value is -2.18. The molecule has 122 valence electrons. The normalized spacial score (nSPS) is 19.7. The summed E-state index contributed by atoms with van der Waals surface area (Å²) in [6, 6.07) is 5.99. The molecule has 2 atom stereocenters. The highest BCUT2D eigenvalue weighted by molar-refractivity contribution is 5.84. The molecule has 1 aromatic carbocycles. The summed E-state index contributed by atoms with van der Waals surface area (Å²) in [7, 11) is 1.96. The van der Waals surface area contributed by atoms with E-state index in [9.17, 15) is 9.90 Å². The van der Waals surface area contributed by atoms with Crippen molar-refractivity contribution in [2.24, 2.45) is 12.8 Å². The van der Waals surface area contributed by atoms with Crippen LogP contribution in [0.4, 0.5) is 0 Å². The molecule has 0 fully saturated rings. The number of nitrogens with two attached hydrogens (primary N) is 1. The number of hydrogen-bond acceptors (Lipinski definition) is 4. The van der Waals surface area contributed by atoms with E-state index in [1.807, 2.05) is 36.0 Å². The minimum Gasteiger partial charge on any atom is -0.392 e. The first kappa shape index (κ1) is 15.7. The maximum atomic E-state index is 11.5. The molecule has 2 aromatic rings. The molecule has 1 aliphatic carbocycles. The zero-order valence-electron chi connectivity index (χ0n) is 13.2. The van der Waals surface area contributed by atoms with Gasteiger partial charge in [-0.25, -0.2) is 4.98 Å². The van der Waals surface area contributed by atoms with E-state index in [-0.39, 0.29) is 0 Å². The van der Waals surface area contributed by atoms with Gasteiger partial charge in [-0.3, -0.25) is 4.79 Å². The number of carbonyl (C=O) groups excluding carboxylic acids is 1. The number of amides is 1. The van der Waals surface area contributed by atoms with Gasteiger partial charge in [-0.2, -0.15) is 0 Å². The lowest BCUT2D eigenvalue weighted by Gasteiger charge is -2.12. The standard InChI is InChI=1S/C17H22N4O2/c1-21-9-13(20-10-21)4-5-19-8-11-2-3-12-7-15(22)16(17(18)23)14(12)6-11/h2-3,6,9-10,15-16,19,22H,4-5,7-8H2,1H3,(H2,18,23)/t15-,16-/m1/s1. The Kier molecular flexibility index (Phi) is 4.45. The van der Waals surface area contributed by atoms with Gasteiger partial charge in [0, 0.05) is 32.8 Å². The average molecular weight is 314 g/mol. The van der Waals surface area contributed by atoms with Crippen LogP contribution in [0.1, 0.15) is 28.3 Å². The molecule has 0 spiro atoms. The summed E-state index contributed by atoms with van der Waals surface area (Å²) in [5.41, 5.74) is 9.45. The van der Waals surface area contributed by atoms with Crippen LogP contribution in [0.15, 0.2) is 30.7 Å². The van der Waals surface area contributed by atoms with Crippen molar-refractivity contribution in [2.45, 2.75) is 31.4 Å². The number of carbonyl (C=O) groups is 1. The molecule has 4 N–H and O–H groups in total. The van der Waals surface area contributed by atoms with Crippen LogP contribution in [0, 0.1) is 0 Å². The fraction of sp³-hybridized carbons (Fsp3) is 0.412. The predicted octanol–water partition coefficient (Wildman–Crippen LogP) is 0.238. The zero-order valence-corrected chi connectivity index (χ0v) is 13.2. The quantitative estimate of drug-likeness (QED) is 0.666. The third kappa shape index (κ3) is 3.43. The van der Waals surface area contributed by atoms with Crippen molar-refractivity contribution in [2.75, 3.05) is 6.54 Å². The summed E-state index contributed by atoms with van der Waals surface area (Å²) in [5, 5.41) is 13.4. The van der Waals surface area contributed by atoms with Crippen molar-refractivity contribution in [1.82, 2.24) is 14.9 Å². The van der Waals surface area contributed by atoms with Crippen LogP contribution in [0.5, 0.6) is 0 Å². The first-order valence-electron chi connectivity index (χ1n) is 7.81. The smallest absolute Gasteiger partial charge is 0.227 e. The molecule has 0 radical (unpaired) electrons. The molecule has 23 heavy (non-hydrogen) atoms. The Morgan fingerprint density at radius 3 is 3.04 bits per heavy atom. The Bertz CT molecular complexity index is 710. The second kappa shape index (κ2) is 6.52. The van der Waals surface area contributed by atoms with Gasteiger partial charge in [0.2, 0.25) is 5.91 Å². The molecule has 3 rings (SSSR count). The van der Waals surface area contributed by atoms with E-state index in [1.165, 1.54) is 0 Å². The number of hydrogen-bond donors (Lipinski definition) is 3. The van der Waals surface area contributed by atoms with E-state index < -0.39 is 17.9 Å². The number of aliphatic hydroxyl groups excluding tert-OH is 1. The second-order valence-electron chi connectivity index (χ2n) is 6.14. The summed E-state index contributed by atoms with van der Waals surface area (Å²) in [6.45, 7) is 1.54. The van der Waals surface area contributed by atoms with Crippen molar-refractivity contribution in [1.29, 1.82) is 0 Å². The van der Waals surface area contributed by atoms with Gasteiger partial charge in [0.15, 0.2) is 0 Å². The lowest BCUT2D eigenvalue weighted by atomic mass is 9.97. The summed E-state index contributed by atoms with van der Waals surface area (Å²) < 4.78 is 1.94. The van der Waals surface area contributed by atoms with Gasteiger partial charge in [-0.15, -0.1) is 0 Å². The van der Waals surface area contributed by atoms with Crippen LogP contribution in [0.25, 0.3) is 0 Å². The van der Waals surface area contributed by atoms with Gasteiger partial charge in [0.05, 0.1) is 24.0 Å². The van der Waals surface area contributed by atoms with Crippen LogP contribution in [0.2, 0.25) is 0 Å². The van der Waals surface area contributed by atoms with Gasteiger partial charge in [-0.1, -0.05) is 18.2 Å². The number of benzene rings is 1. The van der Waals surface area contributed by atoms with E-state index in [0.29, 0.717) is 13.0 Å². The molecule has 0 unspecified atom stereocenters. The third-order valence-corrected chi connectivity index (χ3v) is 4.31. The number of nitrogens with zero attached hydrogens (tertiary/aromatic N) is 2. The Balaban J connectivity index is 1.58. The van der Waals surface area contributed by atoms with E-state index in [2.05, 4.69) is 10.3 Å². The minimum absolute atomic E-state index is 0.462. The highest BCUT2D eigenvalue weighted by Crippen LogP contribution is 2.33. The summed E-state index contributed by atoms with van der Waals surface area (Å²) >= 11 is 0. The third-order valence-electron chi connectivity index (χ3n) is 4.31. The fourth-order valence-electron chi connectivity index (χ4n) is 3.17. The maximum Gasteiger partial charge on any atom is 0.227 e. The van der Waals surface area contributed by atoms with Gasteiger partial charge in [0.1, 0.15) is 0 Å². The van der Waals surface area contributed by atoms with Crippen molar-refractivity contribution >= 4 is 5.91 Å². The highest BCUT2D eigenvalue weighted by Gasteiger charge is 2.35. The first-order chi connectivity index (χ1) is 11.0. The van der Waals surface area contributed by atoms with Crippen molar-refractivity contribution < 1.29 is 9.90 Å². The Morgan fingerprint density at radius 1 is 1.52 bits per heavy atom. The van der Waals surface area contributed by atoms with Crippen LogP contribution in [-0.2, 0) is 31.2 Å². The molecule has 1 aromatic heterocycles. The second-order valence-corrected chi connectivity index (χ2v) is 6.14. The molecule has 6 heteroatoms. The highest BCUT2D eigenvalue weighted by atomic mass is 16.3. The van der Waals surface area contributed by atoms with E-state index >= 15 is 0 Å². The van der Waals surface area contributed by atoms with Crippen molar-refractivity contribution in [3.8, 4) is 0 Å². The van der Waals surface area contributed by atoms with Crippen LogP contribution >= 0.6 is 0 Å². The van der Waals surface area contributed by atoms with Crippen molar-refractivity contribution in [3.63, 3.8) is 0 Å². The monoisotopic (exact) mass is 314 g/mol. The van der Waals surface area contributed by atoms with Crippen LogP contribution in [0.3, 0.4) is 0 Å². The number of imidazole rings is 1. The molecule has 1 aliphatic rings. The number of fused-ring (bicyclic) bond motifs is 1. The number of aryl methyl sites for hydroxylation is 1. The first-order valence-corrected chi connectivity index (χ1v) is 7.81. The van der Waals surface area contributed by atoms with Gasteiger partial charge in [-0.05, 0) is 23.1 Å². The molecule has 1 heterocycles. The topological polar surface area (TPSA) is 93.2 Å². The lowest BCUT2D eigenvalue weighted by molar-refractivity contribution is -0.121. The molecular weight excluding hydrogens is 292 g/mol. The Morgan fingerprint density at radius 2 is 2.35 bits per heavy atom. The number of primary amides is 1. The molecule has 6 nitrogen and oxygen atoms in total. The van der Waals surface area contributed by atoms with E-state index in [0.717, 1.165) is 35.3 Å². The predicted molar refractivity (Wildman–Crippen MR) is 86.7 cm³/mol. The van der Waals surface area contributed by atoms with E-state index in [4.69, 9.17) is 5.73 Å².